The lowest BCUT2D eigenvalue weighted by Gasteiger charge is -2.04. The van der Waals surface area contributed by atoms with Crippen molar-refractivity contribution in [1.82, 2.24) is 4.98 Å². The summed E-state index contributed by atoms with van der Waals surface area (Å²) in [5.41, 5.74) is 6.92. The summed E-state index contributed by atoms with van der Waals surface area (Å²) < 4.78 is 0. The van der Waals surface area contributed by atoms with Crippen LogP contribution in [-0.4, -0.2) is 4.98 Å². The van der Waals surface area contributed by atoms with E-state index in [1.807, 2.05) is 0 Å². The van der Waals surface area contributed by atoms with Gasteiger partial charge in [0.1, 0.15) is 0 Å². The highest BCUT2D eigenvalue weighted by molar-refractivity contribution is 5.56. The summed E-state index contributed by atoms with van der Waals surface area (Å²) in [6, 6.07) is 0. The molecule has 0 bridgehead atoms. The fraction of sp³-hybridized carbons (Fsp3) is 0.571. The van der Waals surface area contributed by atoms with Crippen molar-refractivity contribution < 1.29 is 0 Å². The quantitative estimate of drug-likeness (QED) is 0.759. The van der Waals surface area contributed by atoms with Crippen molar-refractivity contribution in [2.24, 2.45) is 5.92 Å². The molecule has 1 N–H and O–H groups in total. The van der Waals surface area contributed by atoms with Crippen LogP contribution in [0.25, 0.3) is 6.08 Å². The normalized spacial score (nSPS) is 12.6. The standard InChI is InChI=1S/C14H23N/c1-7-13-11(5)14(15-12(13)6)8-10(4)9(2)3/h8-9,15H,7H2,1-6H3/b10-8+. The minimum Gasteiger partial charge on any atom is -0.359 e. The Balaban J connectivity index is 3.12. The molecule has 0 aliphatic heterocycles. The number of hydrogen-bond acceptors (Lipinski definition) is 0. The second-order valence-corrected chi connectivity index (χ2v) is 4.66. The van der Waals surface area contributed by atoms with Gasteiger partial charge in [-0.25, -0.2) is 0 Å². The third-order valence-corrected chi connectivity index (χ3v) is 3.27. The minimum atomic E-state index is 0.623. The van der Waals surface area contributed by atoms with Gasteiger partial charge in [-0.3, -0.25) is 0 Å². The molecule has 0 fully saturated rings. The van der Waals surface area contributed by atoms with E-state index in [2.05, 4.69) is 52.6 Å². The van der Waals surface area contributed by atoms with Gasteiger partial charge in [-0.05, 0) is 50.3 Å². The SMILES string of the molecule is CCc1c(C)[nH]c(/C=C(\C)C(C)C)c1C. The van der Waals surface area contributed by atoms with Crippen LogP contribution in [0.3, 0.4) is 0 Å². The number of aromatic amines is 1. The molecule has 0 saturated carbocycles. The third-order valence-electron chi connectivity index (χ3n) is 3.27. The largest absolute Gasteiger partial charge is 0.359 e. The molecule has 0 amide bonds. The maximum absolute atomic E-state index is 3.47. The molecule has 1 rings (SSSR count). The van der Waals surface area contributed by atoms with Gasteiger partial charge in [-0.2, -0.15) is 0 Å². The van der Waals surface area contributed by atoms with Gasteiger partial charge in [0.2, 0.25) is 0 Å². The molecule has 0 spiro atoms. The Hall–Kier alpha value is -0.980. The third kappa shape index (κ3) is 2.53. The Bertz CT molecular complexity index is 367. The molecule has 0 aliphatic rings. The average Bonchev–Trinajstić information content (AvgIpc) is 2.41. The second kappa shape index (κ2) is 4.69. The Morgan fingerprint density at radius 2 is 1.93 bits per heavy atom. The van der Waals surface area contributed by atoms with Gasteiger partial charge in [0.15, 0.2) is 0 Å². The zero-order valence-corrected chi connectivity index (χ0v) is 10.9. The fourth-order valence-corrected chi connectivity index (χ4v) is 1.88. The first-order chi connectivity index (χ1) is 6.97. The van der Waals surface area contributed by atoms with E-state index in [0.29, 0.717) is 5.92 Å². The molecule has 84 valence electrons. The molecule has 0 aliphatic carbocycles. The highest BCUT2D eigenvalue weighted by Gasteiger charge is 2.08. The lowest BCUT2D eigenvalue weighted by Crippen LogP contribution is -1.89. The van der Waals surface area contributed by atoms with E-state index in [1.54, 1.807) is 0 Å². The minimum absolute atomic E-state index is 0.623. The number of aryl methyl sites for hydroxylation is 1. The molecule has 0 unspecified atom stereocenters. The molecule has 1 nitrogen and oxygen atoms in total. The molecule has 1 aromatic rings. The first kappa shape index (κ1) is 12.1. The molecule has 15 heavy (non-hydrogen) atoms. The fourth-order valence-electron chi connectivity index (χ4n) is 1.88. The van der Waals surface area contributed by atoms with E-state index in [1.165, 1.54) is 28.1 Å². The maximum Gasteiger partial charge on any atom is 0.0414 e. The predicted molar refractivity (Wildman–Crippen MR) is 68.1 cm³/mol. The molecule has 0 saturated heterocycles. The van der Waals surface area contributed by atoms with Gasteiger partial charge in [0, 0.05) is 11.4 Å². The monoisotopic (exact) mass is 205 g/mol. The molecule has 0 aromatic carbocycles. The van der Waals surface area contributed by atoms with E-state index in [0.717, 1.165) is 6.42 Å². The summed E-state index contributed by atoms with van der Waals surface area (Å²) in [4.78, 5) is 3.47. The van der Waals surface area contributed by atoms with Crippen LogP contribution in [0, 0.1) is 19.8 Å². The first-order valence-corrected chi connectivity index (χ1v) is 5.83. The number of hydrogen-bond donors (Lipinski definition) is 1. The number of allylic oxidation sites excluding steroid dienone is 1. The van der Waals surface area contributed by atoms with Gasteiger partial charge in [0.25, 0.3) is 0 Å². The van der Waals surface area contributed by atoms with Crippen LogP contribution in [0.1, 0.15) is 50.2 Å². The number of H-pyrrole nitrogens is 1. The zero-order chi connectivity index (χ0) is 11.6. The van der Waals surface area contributed by atoms with Crippen LogP contribution >= 0.6 is 0 Å². The lowest BCUT2D eigenvalue weighted by molar-refractivity contribution is 0.775. The number of aromatic nitrogens is 1. The summed E-state index contributed by atoms with van der Waals surface area (Å²) in [5.74, 6) is 0.623. The highest BCUT2D eigenvalue weighted by Crippen LogP contribution is 2.22. The second-order valence-electron chi connectivity index (χ2n) is 4.66. The van der Waals surface area contributed by atoms with E-state index in [9.17, 15) is 0 Å². The summed E-state index contributed by atoms with van der Waals surface area (Å²) >= 11 is 0. The Morgan fingerprint density at radius 3 is 2.33 bits per heavy atom. The van der Waals surface area contributed by atoms with Crippen LogP contribution in [0.15, 0.2) is 5.57 Å². The molecule has 0 radical (unpaired) electrons. The lowest BCUT2D eigenvalue weighted by atomic mass is 10.0. The van der Waals surface area contributed by atoms with Gasteiger partial charge in [-0.1, -0.05) is 26.3 Å². The molecular weight excluding hydrogens is 182 g/mol. The van der Waals surface area contributed by atoms with Crippen LogP contribution in [0.5, 0.6) is 0 Å². The average molecular weight is 205 g/mol. The van der Waals surface area contributed by atoms with Crippen LogP contribution < -0.4 is 0 Å². The first-order valence-electron chi connectivity index (χ1n) is 5.83. The summed E-state index contributed by atoms with van der Waals surface area (Å²) in [7, 11) is 0. The van der Waals surface area contributed by atoms with E-state index < -0.39 is 0 Å². The van der Waals surface area contributed by atoms with Crippen LogP contribution in [-0.2, 0) is 6.42 Å². The van der Waals surface area contributed by atoms with Crippen molar-refractivity contribution in [2.45, 2.75) is 48.0 Å². The van der Waals surface area contributed by atoms with Crippen molar-refractivity contribution >= 4 is 6.08 Å². The predicted octanol–water partition coefficient (Wildman–Crippen LogP) is 4.25. The van der Waals surface area contributed by atoms with Crippen molar-refractivity contribution in [2.75, 3.05) is 0 Å². The summed E-state index contributed by atoms with van der Waals surface area (Å²) in [5, 5.41) is 0. The topological polar surface area (TPSA) is 15.8 Å². The van der Waals surface area contributed by atoms with Crippen molar-refractivity contribution in [3.8, 4) is 0 Å². The van der Waals surface area contributed by atoms with E-state index in [-0.39, 0.29) is 0 Å². The highest BCUT2D eigenvalue weighted by atomic mass is 14.7. The maximum atomic E-state index is 3.47. The molecule has 1 heterocycles. The zero-order valence-electron chi connectivity index (χ0n) is 10.9. The van der Waals surface area contributed by atoms with Gasteiger partial charge in [-0.15, -0.1) is 0 Å². The van der Waals surface area contributed by atoms with Crippen LogP contribution in [0.2, 0.25) is 0 Å². The Labute approximate surface area is 93.6 Å². The van der Waals surface area contributed by atoms with Crippen LogP contribution in [0.4, 0.5) is 0 Å². The van der Waals surface area contributed by atoms with E-state index in [4.69, 9.17) is 0 Å². The molecule has 0 atom stereocenters. The molecule has 1 aromatic heterocycles. The summed E-state index contributed by atoms with van der Waals surface area (Å²) in [6.45, 7) is 13.3. The van der Waals surface area contributed by atoms with Gasteiger partial charge < -0.3 is 4.98 Å². The summed E-state index contributed by atoms with van der Waals surface area (Å²) in [6.07, 6.45) is 3.40. The molecule has 1 heteroatoms. The van der Waals surface area contributed by atoms with E-state index >= 15 is 0 Å². The molecular formula is C14H23N. The Kier molecular flexibility index (Phi) is 3.78. The Morgan fingerprint density at radius 1 is 1.33 bits per heavy atom. The smallest absolute Gasteiger partial charge is 0.0414 e. The van der Waals surface area contributed by atoms with Crippen molar-refractivity contribution in [1.29, 1.82) is 0 Å². The van der Waals surface area contributed by atoms with Crippen molar-refractivity contribution in [3.63, 3.8) is 0 Å². The number of rotatable bonds is 3. The number of nitrogens with one attached hydrogen (secondary N) is 1. The van der Waals surface area contributed by atoms with Gasteiger partial charge >= 0.3 is 0 Å². The van der Waals surface area contributed by atoms with Gasteiger partial charge in [0.05, 0.1) is 0 Å². The van der Waals surface area contributed by atoms with Crippen molar-refractivity contribution in [3.05, 3.63) is 28.1 Å².